The Morgan fingerprint density at radius 3 is 2.28 bits per heavy atom. The van der Waals surface area contributed by atoms with Crippen LogP contribution in [0.3, 0.4) is 0 Å². The number of benzene rings is 2. The minimum Gasteiger partial charge on any atom is -0.441 e. The molecule has 3 rings (SSSR count). The Labute approximate surface area is 146 Å². The molecule has 0 spiro atoms. The van der Waals surface area contributed by atoms with E-state index in [1.165, 1.54) is 12.1 Å². The monoisotopic (exact) mass is 343 g/mol. The number of nitrogens with two attached hydrogens (primary N) is 1. The molecule has 1 amide bonds. The standard InChI is InChI=1S/C20H22FNO3/c21-16-8-6-15(7-9-16)20(12-10-17(23)11-13-20)18(25-19(22)24)14-4-2-1-3-5-14/h1-9,17-18,23H,10-13H2,(H2,22,24). The molecular weight excluding hydrogens is 321 g/mol. The predicted molar refractivity (Wildman–Crippen MR) is 92.4 cm³/mol. The van der Waals surface area contributed by atoms with Crippen LogP contribution in [0.25, 0.3) is 0 Å². The number of primary amides is 1. The third-order valence-electron chi connectivity index (χ3n) is 5.10. The van der Waals surface area contributed by atoms with E-state index in [0.717, 1.165) is 11.1 Å². The molecule has 2 aromatic rings. The molecule has 1 atom stereocenters. The molecule has 1 unspecified atom stereocenters. The van der Waals surface area contributed by atoms with Crippen molar-refractivity contribution in [2.24, 2.45) is 5.73 Å². The van der Waals surface area contributed by atoms with Gasteiger partial charge in [0.25, 0.3) is 0 Å². The van der Waals surface area contributed by atoms with Gasteiger partial charge in [-0.2, -0.15) is 0 Å². The number of carbonyl (C=O) groups is 1. The van der Waals surface area contributed by atoms with Gasteiger partial charge in [0.15, 0.2) is 0 Å². The molecular formula is C20H22FNO3. The second-order valence-electron chi connectivity index (χ2n) is 6.62. The zero-order valence-electron chi connectivity index (χ0n) is 13.9. The zero-order valence-corrected chi connectivity index (χ0v) is 13.9. The van der Waals surface area contributed by atoms with Crippen LogP contribution in [0.1, 0.15) is 42.9 Å². The first-order valence-electron chi connectivity index (χ1n) is 8.46. The third kappa shape index (κ3) is 3.66. The predicted octanol–water partition coefficient (Wildman–Crippen LogP) is 3.84. The summed E-state index contributed by atoms with van der Waals surface area (Å²) in [5.41, 5.74) is 6.52. The highest BCUT2D eigenvalue weighted by atomic mass is 19.1. The molecule has 25 heavy (non-hydrogen) atoms. The molecule has 2 aromatic carbocycles. The van der Waals surface area contributed by atoms with Gasteiger partial charge in [-0.3, -0.25) is 0 Å². The zero-order chi connectivity index (χ0) is 17.9. The molecule has 1 aliphatic carbocycles. The third-order valence-corrected chi connectivity index (χ3v) is 5.10. The lowest BCUT2D eigenvalue weighted by Gasteiger charge is -2.44. The average Bonchev–Trinajstić information content (AvgIpc) is 2.62. The van der Waals surface area contributed by atoms with Gasteiger partial charge in [0.1, 0.15) is 11.9 Å². The van der Waals surface area contributed by atoms with Gasteiger partial charge in [0, 0.05) is 5.41 Å². The van der Waals surface area contributed by atoms with Gasteiger partial charge in [0.2, 0.25) is 0 Å². The van der Waals surface area contributed by atoms with E-state index >= 15 is 0 Å². The van der Waals surface area contributed by atoms with Crippen molar-refractivity contribution in [1.82, 2.24) is 0 Å². The number of rotatable bonds is 4. The number of aliphatic hydroxyl groups excluding tert-OH is 1. The van der Waals surface area contributed by atoms with Crippen LogP contribution < -0.4 is 5.73 Å². The van der Waals surface area contributed by atoms with Crippen LogP contribution in [-0.2, 0) is 10.2 Å². The number of carbonyl (C=O) groups excluding carboxylic acids is 1. The summed E-state index contributed by atoms with van der Waals surface area (Å²) in [6.07, 6.45) is 0.592. The minimum absolute atomic E-state index is 0.318. The van der Waals surface area contributed by atoms with Crippen LogP contribution in [-0.4, -0.2) is 17.3 Å². The van der Waals surface area contributed by atoms with E-state index in [2.05, 4.69) is 0 Å². The minimum atomic E-state index is -0.846. The highest BCUT2D eigenvalue weighted by molar-refractivity contribution is 5.65. The molecule has 0 aliphatic heterocycles. The van der Waals surface area contributed by atoms with E-state index in [1.54, 1.807) is 12.1 Å². The van der Waals surface area contributed by atoms with Gasteiger partial charge >= 0.3 is 6.09 Å². The van der Waals surface area contributed by atoms with Gasteiger partial charge in [-0.15, -0.1) is 0 Å². The normalized spacial score (nSPS) is 24.5. The largest absolute Gasteiger partial charge is 0.441 e. The number of hydrogen-bond acceptors (Lipinski definition) is 3. The second kappa shape index (κ2) is 7.23. The van der Waals surface area contributed by atoms with Crippen molar-refractivity contribution >= 4 is 6.09 Å². The van der Waals surface area contributed by atoms with E-state index in [0.29, 0.717) is 25.7 Å². The Kier molecular flexibility index (Phi) is 5.04. The van der Waals surface area contributed by atoms with E-state index in [9.17, 15) is 14.3 Å². The first kappa shape index (κ1) is 17.4. The summed E-state index contributed by atoms with van der Waals surface area (Å²) in [5, 5.41) is 9.97. The fraction of sp³-hybridized carbons (Fsp3) is 0.350. The van der Waals surface area contributed by atoms with Crippen molar-refractivity contribution < 1.29 is 19.0 Å². The molecule has 1 fully saturated rings. The maximum atomic E-state index is 13.4. The molecule has 0 bridgehead atoms. The Morgan fingerprint density at radius 2 is 1.72 bits per heavy atom. The van der Waals surface area contributed by atoms with Gasteiger partial charge in [0.05, 0.1) is 6.10 Å². The van der Waals surface area contributed by atoms with E-state index in [4.69, 9.17) is 10.5 Å². The van der Waals surface area contributed by atoms with Crippen LogP contribution in [0.5, 0.6) is 0 Å². The van der Waals surface area contributed by atoms with Crippen molar-refractivity contribution in [3.05, 3.63) is 71.5 Å². The van der Waals surface area contributed by atoms with Crippen LogP contribution in [0.2, 0.25) is 0 Å². The first-order valence-corrected chi connectivity index (χ1v) is 8.46. The summed E-state index contributed by atoms with van der Waals surface area (Å²) in [6, 6.07) is 15.7. The molecule has 0 radical (unpaired) electrons. The molecule has 0 aromatic heterocycles. The highest BCUT2D eigenvalue weighted by Gasteiger charge is 2.46. The Bertz CT molecular complexity index is 709. The Hall–Kier alpha value is -2.40. The maximum absolute atomic E-state index is 13.4. The first-order chi connectivity index (χ1) is 12.0. The van der Waals surface area contributed by atoms with Crippen LogP contribution in [0.4, 0.5) is 9.18 Å². The lowest BCUT2D eigenvalue weighted by molar-refractivity contribution is 0.00431. The lowest BCUT2D eigenvalue weighted by Crippen LogP contribution is -2.41. The summed E-state index contributed by atoms with van der Waals surface area (Å²) in [7, 11) is 0. The summed E-state index contributed by atoms with van der Waals surface area (Å²) in [6.45, 7) is 0. The fourth-order valence-electron chi connectivity index (χ4n) is 3.85. The molecule has 3 N–H and O–H groups in total. The number of ether oxygens (including phenoxy) is 1. The molecule has 132 valence electrons. The summed E-state index contributed by atoms with van der Waals surface area (Å²) >= 11 is 0. The quantitative estimate of drug-likeness (QED) is 0.886. The Morgan fingerprint density at radius 1 is 1.12 bits per heavy atom. The summed E-state index contributed by atoms with van der Waals surface area (Å²) in [4.78, 5) is 11.6. The molecule has 1 aliphatic rings. The molecule has 0 heterocycles. The molecule has 5 heteroatoms. The molecule has 1 saturated carbocycles. The van der Waals surface area contributed by atoms with Crippen molar-refractivity contribution in [2.75, 3.05) is 0 Å². The summed E-state index contributed by atoms with van der Waals surface area (Å²) in [5.74, 6) is -0.318. The lowest BCUT2D eigenvalue weighted by atomic mass is 9.64. The summed E-state index contributed by atoms with van der Waals surface area (Å²) < 4.78 is 19.0. The second-order valence-corrected chi connectivity index (χ2v) is 6.62. The van der Waals surface area contributed by atoms with Crippen molar-refractivity contribution in [3.8, 4) is 0 Å². The number of amides is 1. The SMILES string of the molecule is NC(=O)OC(c1ccccc1)C1(c2ccc(F)cc2)CCC(O)CC1. The van der Waals surface area contributed by atoms with Crippen molar-refractivity contribution in [3.63, 3.8) is 0 Å². The molecule has 4 nitrogen and oxygen atoms in total. The van der Waals surface area contributed by atoms with Crippen LogP contribution in [0, 0.1) is 5.82 Å². The van der Waals surface area contributed by atoms with Gasteiger partial charge < -0.3 is 15.6 Å². The van der Waals surface area contributed by atoms with E-state index in [1.807, 2.05) is 30.3 Å². The van der Waals surface area contributed by atoms with Crippen molar-refractivity contribution in [1.29, 1.82) is 0 Å². The number of hydrogen-bond donors (Lipinski definition) is 2. The van der Waals surface area contributed by atoms with Crippen LogP contribution in [0.15, 0.2) is 54.6 Å². The highest BCUT2D eigenvalue weighted by Crippen LogP contribution is 2.50. The average molecular weight is 343 g/mol. The Balaban J connectivity index is 2.10. The van der Waals surface area contributed by atoms with Gasteiger partial charge in [-0.05, 0) is 48.9 Å². The van der Waals surface area contributed by atoms with E-state index in [-0.39, 0.29) is 11.9 Å². The maximum Gasteiger partial charge on any atom is 0.405 e. The van der Waals surface area contributed by atoms with E-state index < -0.39 is 17.6 Å². The molecule has 0 saturated heterocycles. The topological polar surface area (TPSA) is 72.6 Å². The smallest absolute Gasteiger partial charge is 0.405 e. The fourth-order valence-corrected chi connectivity index (χ4v) is 3.85. The van der Waals surface area contributed by atoms with Gasteiger partial charge in [-0.1, -0.05) is 42.5 Å². The van der Waals surface area contributed by atoms with Gasteiger partial charge in [-0.25, -0.2) is 9.18 Å². The number of aliphatic hydroxyl groups is 1. The van der Waals surface area contributed by atoms with Crippen molar-refractivity contribution in [2.45, 2.75) is 43.3 Å². The van der Waals surface area contributed by atoms with Crippen LogP contribution >= 0.6 is 0 Å². The number of halogens is 1.